The highest BCUT2D eigenvalue weighted by atomic mass is 35.5. The molecule has 3 aromatic rings. The van der Waals surface area contributed by atoms with E-state index in [9.17, 15) is 9.59 Å². The van der Waals surface area contributed by atoms with E-state index in [1.165, 1.54) is 24.3 Å². The highest BCUT2D eigenvalue weighted by molar-refractivity contribution is 6.48. The second kappa shape index (κ2) is 8.41. The molecule has 0 saturated carbocycles. The van der Waals surface area contributed by atoms with Crippen molar-refractivity contribution < 1.29 is 9.59 Å². The van der Waals surface area contributed by atoms with Crippen LogP contribution in [0.5, 0.6) is 0 Å². The van der Waals surface area contributed by atoms with Crippen LogP contribution in [0.1, 0.15) is 26.3 Å². The monoisotopic (exact) mass is 452 g/mol. The molecule has 0 spiro atoms. The zero-order valence-corrected chi connectivity index (χ0v) is 17.1. The second-order valence-corrected chi connectivity index (χ2v) is 7.47. The molecule has 0 bridgehead atoms. The molecule has 0 saturated heterocycles. The molecule has 0 unspecified atom stereocenters. The molecule has 28 heavy (non-hydrogen) atoms. The Morgan fingerprint density at radius 3 is 1.96 bits per heavy atom. The standard InChI is InChI=1S/C20H12Cl4N2O2/c21-12-4-1-10(2-5-12)19(27)11-3-6-17(25)14(7-11)20(28)26-13-8-15(22)18(24)16(23)9-13/h1-9H,25H2,(H,26,28). The number of nitrogens with two attached hydrogens (primary N) is 1. The Kier molecular flexibility index (Phi) is 6.16. The third-order valence-corrected chi connectivity index (χ3v) is 5.36. The van der Waals surface area contributed by atoms with Gasteiger partial charge in [-0.05, 0) is 54.6 Å². The second-order valence-electron chi connectivity index (χ2n) is 5.85. The fourth-order valence-electron chi connectivity index (χ4n) is 2.49. The van der Waals surface area contributed by atoms with Crippen LogP contribution in [-0.4, -0.2) is 11.7 Å². The van der Waals surface area contributed by atoms with E-state index in [2.05, 4.69) is 5.32 Å². The van der Waals surface area contributed by atoms with Gasteiger partial charge >= 0.3 is 0 Å². The van der Waals surface area contributed by atoms with Crippen molar-refractivity contribution in [2.24, 2.45) is 0 Å². The lowest BCUT2D eigenvalue weighted by Gasteiger charge is -2.11. The Labute approximate surface area is 181 Å². The van der Waals surface area contributed by atoms with Crippen LogP contribution in [0.15, 0.2) is 54.6 Å². The van der Waals surface area contributed by atoms with Crippen LogP contribution in [0.25, 0.3) is 0 Å². The molecule has 142 valence electrons. The van der Waals surface area contributed by atoms with Gasteiger partial charge in [0.25, 0.3) is 5.91 Å². The molecule has 0 fully saturated rings. The van der Waals surface area contributed by atoms with Crippen molar-refractivity contribution in [1.82, 2.24) is 0 Å². The predicted molar refractivity (Wildman–Crippen MR) is 115 cm³/mol. The third-order valence-electron chi connectivity index (χ3n) is 3.91. The number of ketones is 1. The van der Waals surface area contributed by atoms with Crippen LogP contribution in [0, 0.1) is 0 Å². The number of rotatable bonds is 4. The Morgan fingerprint density at radius 2 is 1.36 bits per heavy atom. The summed E-state index contributed by atoms with van der Waals surface area (Å²) in [6, 6.07) is 13.9. The molecule has 1 amide bonds. The summed E-state index contributed by atoms with van der Waals surface area (Å²) in [5, 5.41) is 3.76. The quantitative estimate of drug-likeness (QED) is 0.274. The van der Waals surface area contributed by atoms with E-state index in [0.29, 0.717) is 21.8 Å². The summed E-state index contributed by atoms with van der Waals surface area (Å²) in [7, 11) is 0. The topological polar surface area (TPSA) is 72.2 Å². The number of hydrogen-bond donors (Lipinski definition) is 2. The fraction of sp³-hybridized carbons (Fsp3) is 0. The Morgan fingerprint density at radius 1 is 0.786 bits per heavy atom. The number of halogens is 4. The normalized spacial score (nSPS) is 10.6. The molecule has 0 aromatic heterocycles. The third kappa shape index (κ3) is 4.42. The van der Waals surface area contributed by atoms with E-state index < -0.39 is 5.91 Å². The molecule has 0 aliphatic carbocycles. The first-order chi connectivity index (χ1) is 13.3. The van der Waals surface area contributed by atoms with Gasteiger partial charge in [0.2, 0.25) is 0 Å². The zero-order valence-electron chi connectivity index (χ0n) is 14.1. The molecule has 0 radical (unpaired) electrons. The molecule has 3 aromatic carbocycles. The highest BCUT2D eigenvalue weighted by Gasteiger charge is 2.16. The van der Waals surface area contributed by atoms with Crippen molar-refractivity contribution in [3.63, 3.8) is 0 Å². The fourth-order valence-corrected chi connectivity index (χ4v) is 3.21. The number of anilines is 2. The average molecular weight is 454 g/mol. The Balaban J connectivity index is 1.89. The summed E-state index contributed by atoms with van der Waals surface area (Å²) in [6.07, 6.45) is 0. The Hall–Kier alpha value is -2.24. The summed E-state index contributed by atoms with van der Waals surface area (Å²) >= 11 is 23.7. The average Bonchev–Trinajstić information content (AvgIpc) is 2.66. The maximum Gasteiger partial charge on any atom is 0.257 e. The molecule has 0 atom stereocenters. The number of carbonyl (C=O) groups is 2. The summed E-state index contributed by atoms with van der Waals surface area (Å²) in [5.41, 5.74) is 7.38. The van der Waals surface area contributed by atoms with E-state index in [0.717, 1.165) is 0 Å². The molecule has 3 rings (SSSR count). The van der Waals surface area contributed by atoms with Crippen LogP contribution >= 0.6 is 46.4 Å². The molecule has 8 heteroatoms. The lowest BCUT2D eigenvalue weighted by atomic mass is 10.00. The molecule has 0 aliphatic heterocycles. The van der Waals surface area contributed by atoms with Crippen LogP contribution in [0.2, 0.25) is 20.1 Å². The number of nitrogens with one attached hydrogen (secondary N) is 1. The largest absolute Gasteiger partial charge is 0.398 e. The first-order valence-electron chi connectivity index (χ1n) is 7.92. The van der Waals surface area contributed by atoms with Gasteiger partial charge in [-0.2, -0.15) is 0 Å². The van der Waals surface area contributed by atoms with Gasteiger partial charge in [-0.25, -0.2) is 0 Å². The van der Waals surface area contributed by atoms with Crippen molar-refractivity contribution in [2.45, 2.75) is 0 Å². The van der Waals surface area contributed by atoms with Gasteiger partial charge in [0.15, 0.2) is 5.78 Å². The van der Waals surface area contributed by atoms with Crippen LogP contribution in [0.4, 0.5) is 11.4 Å². The van der Waals surface area contributed by atoms with Crippen molar-refractivity contribution in [3.05, 3.63) is 91.4 Å². The molecular weight excluding hydrogens is 442 g/mol. The first-order valence-corrected chi connectivity index (χ1v) is 9.43. The molecule has 0 heterocycles. The van der Waals surface area contributed by atoms with Crippen molar-refractivity contribution in [1.29, 1.82) is 0 Å². The van der Waals surface area contributed by atoms with Crippen molar-refractivity contribution in [2.75, 3.05) is 11.1 Å². The Bertz CT molecular complexity index is 1060. The number of carbonyl (C=O) groups excluding carboxylic acids is 2. The molecular formula is C20H12Cl4N2O2. The SMILES string of the molecule is Nc1ccc(C(=O)c2ccc(Cl)cc2)cc1C(=O)Nc1cc(Cl)c(Cl)c(Cl)c1. The lowest BCUT2D eigenvalue weighted by molar-refractivity contribution is 0.102. The van der Waals surface area contributed by atoms with E-state index >= 15 is 0 Å². The zero-order chi connectivity index (χ0) is 20.4. The predicted octanol–water partition coefficient (Wildman–Crippen LogP) is 6.37. The smallest absolute Gasteiger partial charge is 0.257 e. The van der Waals surface area contributed by atoms with Gasteiger partial charge in [-0.3, -0.25) is 9.59 Å². The van der Waals surface area contributed by atoms with Gasteiger partial charge in [0, 0.05) is 27.5 Å². The summed E-state index contributed by atoms with van der Waals surface area (Å²) in [6.45, 7) is 0. The van der Waals surface area contributed by atoms with Gasteiger partial charge in [0.05, 0.1) is 20.6 Å². The number of hydrogen-bond acceptors (Lipinski definition) is 3. The van der Waals surface area contributed by atoms with Gasteiger partial charge in [-0.15, -0.1) is 0 Å². The van der Waals surface area contributed by atoms with E-state index in [4.69, 9.17) is 52.1 Å². The van der Waals surface area contributed by atoms with Gasteiger partial charge in [-0.1, -0.05) is 46.4 Å². The summed E-state index contributed by atoms with van der Waals surface area (Å²) in [4.78, 5) is 25.3. The lowest BCUT2D eigenvalue weighted by Crippen LogP contribution is -2.15. The minimum absolute atomic E-state index is 0.141. The number of benzene rings is 3. The van der Waals surface area contributed by atoms with E-state index in [1.807, 2.05) is 0 Å². The van der Waals surface area contributed by atoms with Gasteiger partial charge in [0.1, 0.15) is 0 Å². The van der Waals surface area contributed by atoms with Crippen molar-refractivity contribution in [3.8, 4) is 0 Å². The summed E-state index contributed by atoms with van der Waals surface area (Å²) in [5.74, 6) is -0.777. The van der Waals surface area contributed by atoms with Crippen LogP contribution in [-0.2, 0) is 0 Å². The number of nitrogen functional groups attached to an aromatic ring is 1. The molecule has 3 N–H and O–H groups in total. The van der Waals surface area contributed by atoms with Gasteiger partial charge < -0.3 is 11.1 Å². The molecule has 4 nitrogen and oxygen atoms in total. The van der Waals surface area contributed by atoms with E-state index in [1.54, 1.807) is 30.3 Å². The minimum atomic E-state index is -0.516. The van der Waals surface area contributed by atoms with Crippen LogP contribution in [0.3, 0.4) is 0 Å². The molecule has 0 aliphatic rings. The summed E-state index contributed by atoms with van der Waals surface area (Å²) < 4.78 is 0. The van der Waals surface area contributed by atoms with Crippen LogP contribution < -0.4 is 11.1 Å². The number of amides is 1. The highest BCUT2D eigenvalue weighted by Crippen LogP contribution is 2.33. The maximum absolute atomic E-state index is 12.7. The maximum atomic E-state index is 12.7. The van der Waals surface area contributed by atoms with Crippen molar-refractivity contribution >= 4 is 69.5 Å². The first kappa shape index (κ1) is 20.5. The minimum Gasteiger partial charge on any atom is -0.398 e. The van der Waals surface area contributed by atoms with E-state index in [-0.39, 0.29) is 32.1 Å².